The molecule has 3 aliphatic heterocycles. The zero-order valence-corrected chi connectivity index (χ0v) is 14.2. The van der Waals surface area contributed by atoms with E-state index in [-0.39, 0.29) is 30.9 Å². The zero-order valence-electron chi connectivity index (χ0n) is 13.3. The zero-order chi connectivity index (χ0) is 14.9. The largest absolute Gasteiger partial charge is 0.341 e. The van der Waals surface area contributed by atoms with E-state index in [0.717, 1.165) is 39.1 Å². The molecule has 3 fully saturated rings. The number of nitrogens with zero attached hydrogens (tertiary/aromatic N) is 3. The minimum absolute atomic E-state index is 0. The van der Waals surface area contributed by atoms with Gasteiger partial charge in [-0.25, -0.2) is 4.79 Å². The van der Waals surface area contributed by atoms with Gasteiger partial charge in [0.1, 0.15) is 6.54 Å². The van der Waals surface area contributed by atoms with Crippen LogP contribution in [-0.4, -0.2) is 79.5 Å². The van der Waals surface area contributed by atoms with E-state index in [1.165, 1.54) is 19.3 Å². The van der Waals surface area contributed by atoms with Gasteiger partial charge in [-0.05, 0) is 44.2 Å². The van der Waals surface area contributed by atoms with Crippen LogP contribution >= 0.6 is 12.4 Å². The fourth-order valence-corrected chi connectivity index (χ4v) is 3.90. The maximum atomic E-state index is 12.5. The normalized spacial score (nSPS) is 24.6. The lowest BCUT2D eigenvalue weighted by atomic mass is 9.73. The van der Waals surface area contributed by atoms with E-state index in [9.17, 15) is 9.59 Å². The fourth-order valence-electron chi connectivity index (χ4n) is 3.90. The first-order valence-electron chi connectivity index (χ1n) is 8.08. The number of urea groups is 1. The van der Waals surface area contributed by atoms with Crippen LogP contribution in [0.5, 0.6) is 0 Å². The SMILES string of the molecule is CN1CCN(CC(=O)N2CCCC3(CCNCC3)C2)C1=O.Cl. The molecular weight excluding hydrogens is 304 g/mol. The molecule has 0 saturated carbocycles. The highest BCUT2D eigenvalue weighted by molar-refractivity contribution is 5.85. The third kappa shape index (κ3) is 3.49. The summed E-state index contributed by atoms with van der Waals surface area (Å²) in [4.78, 5) is 29.8. The third-order valence-electron chi connectivity index (χ3n) is 5.31. The second-order valence-electron chi connectivity index (χ2n) is 6.79. The average Bonchev–Trinajstić information content (AvgIpc) is 2.80. The number of amides is 3. The molecule has 0 aromatic rings. The predicted octanol–water partition coefficient (Wildman–Crippen LogP) is 0.768. The number of hydrogen-bond acceptors (Lipinski definition) is 3. The number of likely N-dealkylation sites (N-methyl/N-ethyl adjacent to an activating group) is 1. The van der Waals surface area contributed by atoms with Crippen molar-refractivity contribution in [2.24, 2.45) is 5.41 Å². The summed E-state index contributed by atoms with van der Waals surface area (Å²) in [6.45, 7) is 5.51. The highest BCUT2D eigenvalue weighted by atomic mass is 35.5. The molecule has 0 atom stereocenters. The van der Waals surface area contributed by atoms with Crippen molar-refractivity contribution in [1.82, 2.24) is 20.0 Å². The first-order valence-corrected chi connectivity index (χ1v) is 8.08. The van der Waals surface area contributed by atoms with Crippen LogP contribution in [0.4, 0.5) is 4.79 Å². The Hall–Kier alpha value is -1.01. The van der Waals surface area contributed by atoms with Crippen LogP contribution in [0.15, 0.2) is 0 Å². The first kappa shape index (κ1) is 17.3. The number of nitrogens with one attached hydrogen (secondary N) is 1. The first-order chi connectivity index (χ1) is 10.1. The Balaban J connectivity index is 0.00000176. The summed E-state index contributed by atoms with van der Waals surface area (Å²) >= 11 is 0. The van der Waals surface area contributed by atoms with E-state index < -0.39 is 0 Å². The number of carbonyl (C=O) groups is 2. The molecule has 22 heavy (non-hydrogen) atoms. The molecular formula is C15H27ClN4O2. The molecule has 1 N–H and O–H groups in total. The molecule has 0 bridgehead atoms. The quantitative estimate of drug-likeness (QED) is 0.813. The van der Waals surface area contributed by atoms with Gasteiger partial charge in [-0.15, -0.1) is 12.4 Å². The molecule has 0 aromatic carbocycles. The Morgan fingerprint density at radius 1 is 1.18 bits per heavy atom. The highest BCUT2D eigenvalue weighted by Crippen LogP contribution is 2.38. The van der Waals surface area contributed by atoms with Gasteiger partial charge < -0.3 is 20.0 Å². The third-order valence-corrected chi connectivity index (χ3v) is 5.31. The van der Waals surface area contributed by atoms with Gasteiger partial charge in [0.05, 0.1) is 0 Å². The molecule has 3 saturated heterocycles. The van der Waals surface area contributed by atoms with Gasteiger partial charge in [-0.3, -0.25) is 4.79 Å². The van der Waals surface area contributed by atoms with Crippen LogP contribution in [0.2, 0.25) is 0 Å². The Kier molecular flexibility index (Phi) is 5.55. The number of likely N-dealkylation sites (tertiary alicyclic amines) is 1. The second-order valence-corrected chi connectivity index (χ2v) is 6.79. The predicted molar refractivity (Wildman–Crippen MR) is 87.2 cm³/mol. The van der Waals surface area contributed by atoms with Gasteiger partial charge in [0.2, 0.25) is 5.91 Å². The molecule has 7 heteroatoms. The van der Waals surface area contributed by atoms with Crippen molar-refractivity contribution in [3.05, 3.63) is 0 Å². The smallest absolute Gasteiger partial charge is 0.320 e. The maximum absolute atomic E-state index is 12.5. The molecule has 3 rings (SSSR count). The van der Waals surface area contributed by atoms with Crippen LogP contribution in [0.25, 0.3) is 0 Å². The topological polar surface area (TPSA) is 55.9 Å². The van der Waals surface area contributed by atoms with Crippen molar-refractivity contribution in [2.45, 2.75) is 25.7 Å². The molecule has 3 aliphatic rings. The molecule has 0 radical (unpaired) electrons. The standard InChI is InChI=1S/C15H26N4O2.ClH/c1-17-9-10-18(14(17)21)11-13(20)19-8-2-3-15(12-19)4-6-16-7-5-15;/h16H,2-12H2,1H3;1H. The van der Waals surface area contributed by atoms with Crippen molar-refractivity contribution < 1.29 is 9.59 Å². The van der Waals surface area contributed by atoms with Crippen molar-refractivity contribution in [3.63, 3.8) is 0 Å². The maximum Gasteiger partial charge on any atom is 0.320 e. The summed E-state index contributed by atoms with van der Waals surface area (Å²) in [5.41, 5.74) is 0.324. The Labute approximate surface area is 138 Å². The van der Waals surface area contributed by atoms with Crippen LogP contribution in [-0.2, 0) is 4.79 Å². The Morgan fingerprint density at radius 3 is 2.55 bits per heavy atom. The lowest BCUT2D eigenvalue weighted by Gasteiger charge is -2.45. The number of carbonyl (C=O) groups excluding carboxylic acids is 2. The fraction of sp³-hybridized carbons (Fsp3) is 0.867. The van der Waals surface area contributed by atoms with Crippen molar-refractivity contribution in [3.8, 4) is 0 Å². The van der Waals surface area contributed by atoms with Crippen LogP contribution in [0.1, 0.15) is 25.7 Å². The molecule has 0 unspecified atom stereocenters. The Morgan fingerprint density at radius 2 is 1.91 bits per heavy atom. The molecule has 1 spiro atoms. The average molecular weight is 331 g/mol. The van der Waals surface area contributed by atoms with E-state index in [2.05, 4.69) is 5.32 Å². The summed E-state index contributed by atoms with van der Waals surface area (Å²) in [6, 6.07) is -0.0167. The minimum Gasteiger partial charge on any atom is -0.341 e. The number of hydrogen-bond donors (Lipinski definition) is 1. The molecule has 3 heterocycles. The van der Waals surface area contributed by atoms with Gasteiger partial charge in [0.15, 0.2) is 0 Å². The molecule has 126 valence electrons. The lowest BCUT2D eigenvalue weighted by molar-refractivity contribution is -0.135. The summed E-state index contributed by atoms with van der Waals surface area (Å²) < 4.78 is 0. The van der Waals surface area contributed by atoms with Crippen LogP contribution < -0.4 is 5.32 Å². The van der Waals surface area contributed by atoms with Gasteiger partial charge in [-0.1, -0.05) is 0 Å². The molecule has 0 aromatic heterocycles. The van der Waals surface area contributed by atoms with E-state index >= 15 is 0 Å². The summed E-state index contributed by atoms with van der Waals surface area (Å²) in [5.74, 6) is 0.122. The van der Waals surface area contributed by atoms with Gasteiger partial charge in [-0.2, -0.15) is 0 Å². The van der Waals surface area contributed by atoms with Crippen molar-refractivity contribution >= 4 is 24.3 Å². The monoisotopic (exact) mass is 330 g/mol. The van der Waals surface area contributed by atoms with Crippen molar-refractivity contribution in [1.29, 1.82) is 0 Å². The lowest BCUT2D eigenvalue weighted by Crippen LogP contribution is -2.52. The highest BCUT2D eigenvalue weighted by Gasteiger charge is 2.38. The van der Waals surface area contributed by atoms with Gasteiger partial charge >= 0.3 is 6.03 Å². The van der Waals surface area contributed by atoms with E-state index in [0.29, 0.717) is 12.0 Å². The van der Waals surface area contributed by atoms with E-state index in [4.69, 9.17) is 0 Å². The van der Waals surface area contributed by atoms with Gasteiger partial charge in [0.25, 0.3) is 0 Å². The van der Waals surface area contributed by atoms with Gasteiger partial charge in [0, 0.05) is 33.2 Å². The Bertz CT molecular complexity index is 420. The summed E-state index contributed by atoms with van der Waals surface area (Å²) in [5, 5.41) is 3.41. The summed E-state index contributed by atoms with van der Waals surface area (Å²) in [7, 11) is 1.79. The molecule has 0 aliphatic carbocycles. The number of rotatable bonds is 2. The molecule has 3 amide bonds. The second kappa shape index (κ2) is 7.04. The summed E-state index contributed by atoms with van der Waals surface area (Å²) in [6.07, 6.45) is 4.67. The minimum atomic E-state index is -0.0167. The molecule has 6 nitrogen and oxygen atoms in total. The number of piperidine rings is 2. The van der Waals surface area contributed by atoms with Crippen LogP contribution in [0.3, 0.4) is 0 Å². The van der Waals surface area contributed by atoms with E-state index in [1.54, 1.807) is 16.8 Å². The van der Waals surface area contributed by atoms with Crippen LogP contribution in [0, 0.1) is 5.41 Å². The van der Waals surface area contributed by atoms with Crippen molar-refractivity contribution in [2.75, 3.05) is 52.9 Å². The van der Waals surface area contributed by atoms with E-state index in [1.807, 2.05) is 4.90 Å². The number of halogens is 1.